The average Bonchev–Trinajstić information content (AvgIpc) is 2.48. The lowest BCUT2D eigenvalue weighted by Crippen LogP contribution is -2.08. The van der Waals surface area contributed by atoms with Crippen LogP contribution in [0.25, 0.3) is 0 Å². The maximum atomic E-state index is 5.64. The lowest BCUT2D eigenvalue weighted by Gasteiger charge is -2.13. The van der Waals surface area contributed by atoms with Gasteiger partial charge in [0.05, 0.1) is 12.3 Å². The Morgan fingerprint density at radius 3 is 2.61 bits per heavy atom. The number of ether oxygens (including phenoxy) is 1. The summed E-state index contributed by atoms with van der Waals surface area (Å²) >= 11 is 0. The third-order valence-electron chi connectivity index (χ3n) is 3.32. The average molecular weight is 314 g/mol. The van der Waals surface area contributed by atoms with E-state index in [0.717, 1.165) is 41.9 Å². The highest BCUT2D eigenvalue weighted by Gasteiger charge is 2.06. The Bertz CT molecular complexity index is 628. The predicted octanol–water partition coefficient (Wildman–Crippen LogP) is 4.39. The second-order valence-corrected chi connectivity index (χ2v) is 5.85. The van der Waals surface area contributed by atoms with Crippen molar-refractivity contribution < 1.29 is 4.74 Å². The molecule has 0 saturated carbocycles. The molecule has 0 bridgehead atoms. The van der Waals surface area contributed by atoms with Crippen LogP contribution in [-0.4, -0.2) is 23.1 Å². The van der Waals surface area contributed by atoms with E-state index in [4.69, 9.17) is 4.74 Å². The molecule has 0 unspecified atom stereocenters. The normalized spacial score (nSPS) is 10.7. The minimum atomic E-state index is 0.628. The summed E-state index contributed by atoms with van der Waals surface area (Å²) in [7, 11) is 0. The molecule has 23 heavy (non-hydrogen) atoms. The van der Waals surface area contributed by atoms with Crippen molar-refractivity contribution in [2.75, 3.05) is 23.8 Å². The summed E-state index contributed by atoms with van der Waals surface area (Å²) in [4.78, 5) is 8.89. The summed E-state index contributed by atoms with van der Waals surface area (Å²) in [6, 6.07) is 9.78. The molecular weight excluding hydrogens is 288 g/mol. The molecule has 0 aliphatic rings. The van der Waals surface area contributed by atoms with Crippen molar-refractivity contribution in [1.82, 2.24) is 9.97 Å². The molecule has 5 nitrogen and oxygen atoms in total. The van der Waals surface area contributed by atoms with Gasteiger partial charge in [0.15, 0.2) is 0 Å². The molecule has 1 aromatic carbocycles. The van der Waals surface area contributed by atoms with E-state index in [1.165, 1.54) is 0 Å². The van der Waals surface area contributed by atoms with E-state index in [1.807, 2.05) is 44.2 Å². The number of para-hydroxylation sites is 2. The summed E-state index contributed by atoms with van der Waals surface area (Å²) in [6.45, 7) is 9.83. The minimum absolute atomic E-state index is 0.628. The van der Waals surface area contributed by atoms with Crippen molar-refractivity contribution >= 4 is 17.3 Å². The van der Waals surface area contributed by atoms with E-state index in [0.29, 0.717) is 12.5 Å². The number of rotatable bonds is 8. The van der Waals surface area contributed by atoms with Crippen LogP contribution in [0.1, 0.15) is 33.0 Å². The van der Waals surface area contributed by atoms with E-state index in [-0.39, 0.29) is 0 Å². The lowest BCUT2D eigenvalue weighted by atomic mass is 10.1. The first-order valence-electron chi connectivity index (χ1n) is 8.17. The van der Waals surface area contributed by atoms with Gasteiger partial charge >= 0.3 is 0 Å². The first-order chi connectivity index (χ1) is 11.1. The number of aromatic nitrogens is 2. The van der Waals surface area contributed by atoms with Crippen LogP contribution in [-0.2, 0) is 0 Å². The van der Waals surface area contributed by atoms with Crippen LogP contribution < -0.4 is 15.4 Å². The minimum Gasteiger partial charge on any atom is -0.492 e. The van der Waals surface area contributed by atoms with E-state index in [2.05, 4.69) is 34.4 Å². The van der Waals surface area contributed by atoms with E-state index in [9.17, 15) is 0 Å². The highest BCUT2D eigenvalue weighted by Crippen LogP contribution is 2.27. The molecule has 124 valence electrons. The van der Waals surface area contributed by atoms with Crippen LogP contribution in [0.5, 0.6) is 5.75 Å². The van der Waals surface area contributed by atoms with Gasteiger partial charge in [0, 0.05) is 12.6 Å². The fourth-order valence-electron chi connectivity index (χ4n) is 2.20. The van der Waals surface area contributed by atoms with Crippen molar-refractivity contribution in [2.24, 2.45) is 5.92 Å². The summed E-state index contributed by atoms with van der Waals surface area (Å²) in [5, 5.41) is 6.68. The van der Waals surface area contributed by atoms with Crippen LogP contribution >= 0.6 is 0 Å². The molecule has 0 aliphatic carbocycles. The molecule has 0 spiro atoms. The zero-order valence-corrected chi connectivity index (χ0v) is 14.4. The highest BCUT2D eigenvalue weighted by molar-refractivity contribution is 5.65. The van der Waals surface area contributed by atoms with Crippen molar-refractivity contribution in [2.45, 2.75) is 34.1 Å². The van der Waals surface area contributed by atoms with Crippen LogP contribution in [0, 0.1) is 12.8 Å². The maximum Gasteiger partial charge on any atom is 0.142 e. The van der Waals surface area contributed by atoms with Crippen LogP contribution in [0.4, 0.5) is 17.3 Å². The standard InChI is InChI=1S/C18H26N4O/c1-5-23-16-9-7-6-8-15(16)22-18-12-17(20-14(4)21-18)19-11-10-13(2)3/h6-9,12-13H,5,10-11H2,1-4H3,(H2,19,20,21,22). The molecule has 0 atom stereocenters. The Labute approximate surface area is 138 Å². The van der Waals surface area contributed by atoms with E-state index < -0.39 is 0 Å². The Kier molecular flexibility index (Phi) is 6.20. The fourth-order valence-corrected chi connectivity index (χ4v) is 2.20. The number of hydrogen-bond donors (Lipinski definition) is 2. The first kappa shape index (κ1) is 17.1. The van der Waals surface area contributed by atoms with Crippen LogP contribution in [0.15, 0.2) is 30.3 Å². The van der Waals surface area contributed by atoms with Crippen molar-refractivity contribution in [3.8, 4) is 5.75 Å². The molecule has 2 N–H and O–H groups in total. The number of nitrogens with one attached hydrogen (secondary N) is 2. The lowest BCUT2D eigenvalue weighted by molar-refractivity contribution is 0.342. The summed E-state index contributed by atoms with van der Waals surface area (Å²) in [5.41, 5.74) is 0.903. The summed E-state index contributed by atoms with van der Waals surface area (Å²) in [5.74, 6) is 3.82. The Hall–Kier alpha value is -2.30. The first-order valence-corrected chi connectivity index (χ1v) is 8.17. The Morgan fingerprint density at radius 1 is 1.13 bits per heavy atom. The van der Waals surface area contributed by atoms with Gasteiger partial charge in [-0.2, -0.15) is 0 Å². The smallest absolute Gasteiger partial charge is 0.142 e. The number of anilines is 3. The van der Waals surface area contributed by atoms with Gasteiger partial charge < -0.3 is 15.4 Å². The number of aryl methyl sites for hydroxylation is 1. The largest absolute Gasteiger partial charge is 0.492 e. The zero-order valence-electron chi connectivity index (χ0n) is 14.4. The van der Waals surface area contributed by atoms with Gasteiger partial charge in [0.1, 0.15) is 23.2 Å². The number of nitrogens with zero attached hydrogens (tertiary/aromatic N) is 2. The van der Waals surface area contributed by atoms with E-state index >= 15 is 0 Å². The second-order valence-electron chi connectivity index (χ2n) is 5.85. The van der Waals surface area contributed by atoms with Crippen molar-refractivity contribution in [1.29, 1.82) is 0 Å². The van der Waals surface area contributed by atoms with Crippen molar-refractivity contribution in [3.63, 3.8) is 0 Å². The summed E-state index contributed by atoms with van der Waals surface area (Å²) < 4.78 is 5.64. The van der Waals surface area contributed by atoms with Gasteiger partial charge in [-0.3, -0.25) is 0 Å². The monoisotopic (exact) mass is 314 g/mol. The molecule has 0 saturated heterocycles. The highest BCUT2D eigenvalue weighted by atomic mass is 16.5. The van der Waals surface area contributed by atoms with Gasteiger partial charge in [0.2, 0.25) is 0 Å². The number of hydrogen-bond acceptors (Lipinski definition) is 5. The predicted molar refractivity (Wildman–Crippen MR) is 95.6 cm³/mol. The zero-order chi connectivity index (χ0) is 16.7. The molecule has 0 fully saturated rings. The Balaban J connectivity index is 2.12. The van der Waals surface area contributed by atoms with E-state index in [1.54, 1.807) is 0 Å². The molecule has 0 amide bonds. The molecule has 1 aromatic heterocycles. The maximum absolute atomic E-state index is 5.64. The molecule has 0 aliphatic heterocycles. The van der Waals surface area contributed by atoms with Gasteiger partial charge in [-0.1, -0.05) is 26.0 Å². The van der Waals surface area contributed by atoms with Crippen LogP contribution in [0.3, 0.4) is 0 Å². The molecule has 5 heteroatoms. The SMILES string of the molecule is CCOc1ccccc1Nc1cc(NCCC(C)C)nc(C)n1. The Morgan fingerprint density at radius 2 is 1.87 bits per heavy atom. The summed E-state index contributed by atoms with van der Waals surface area (Å²) in [6.07, 6.45) is 1.11. The topological polar surface area (TPSA) is 59.1 Å². The quantitative estimate of drug-likeness (QED) is 0.757. The number of benzene rings is 1. The van der Waals surface area contributed by atoms with Gasteiger partial charge in [-0.25, -0.2) is 9.97 Å². The van der Waals surface area contributed by atoms with Gasteiger partial charge in [0.25, 0.3) is 0 Å². The van der Waals surface area contributed by atoms with Crippen molar-refractivity contribution in [3.05, 3.63) is 36.2 Å². The third-order valence-corrected chi connectivity index (χ3v) is 3.32. The molecule has 1 heterocycles. The van der Waals surface area contributed by atoms with Crippen LogP contribution in [0.2, 0.25) is 0 Å². The molecule has 2 aromatic rings. The second kappa shape index (κ2) is 8.36. The molecular formula is C18H26N4O. The molecule has 2 rings (SSSR count). The fraction of sp³-hybridized carbons (Fsp3) is 0.444. The third kappa shape index (κ3) is 5.43. The van der Waals surface area contributed by atoms with Gasteiger partial charge in [-0.05, 0) is 38.3 Å². The van der Waals surface area contributed by atoms with Gasteiger partial charge in [-0.15, -0.1) is 0 Å². The molecule has 0 radical (unpaired) electrons.